The predicted octanol–water partition coefficient (Wildman–Crippen LogP) is -0.225. The number of ether oxygens (including phenoxy) is 1. The zero-order chi connectivity index (χ0) is 17.5. The maximum absolute atomic E-state index is 12.0. The van der Waals surface area contributed by atoms with Gasteiger partial charge in [-0.3, -0.25) is 9.63 Å². The molecule has 0 atom stereocenters. The highest BCUT2D eigenvalue weighted by molar-refractivity contribution is 7.89. The molecule has 0 radical (unpaired) electrons. The van der Waals surface area contributed by atoms with Crippen LogP contribution in [0.2, 0.25) is 0 Å². The molecule has 9 heteroatoms. The number of hydrogen-bond donors (Lipinski definition) is 1. The molecular weight excluding hydrogens is 324 g/mol. The van der Waals surface area contributed by atoms with E-state index in [-0.39, 0.29) is 17.0 Å². The molecule has 0 aliphatic carbocycles. The fourth-order valence-corrected chi connectivity index (χ4v) is 2.40. The zero-order valence-corrected chi connectivity index (χ0v) is 13.4. The van der Waals surface area contributed by atoms with Crippen LogP contribution in [0.3, 0.4) is 0 Å². The van der Waals surface area contributed by atoms with Crippen LogP contribution in [0, 0.1) is 12.3 Å². The molecule has 0 unspecified atom stereocenters. The first-order valence-electron chi connectivity index (χ1n) is 6.33. The Bertz CT molecular complexity index is 706. The second kappa shape index (κ2) is 8.28. The summed E-state index contributed by atoms with van der Waals surface area (Å²) in [5.41, 5.74) is 0.105. The molecule has 0 bridgehead atoms. The number of benzene rings is 1. The number of carbonyl (C=O) groups is 2. The van der Waals surface area contributed by atoms with Crippen molar-refractivity contribution < 1.29 is 27.6 Å². The van der Waals surface area contributed by atoms with Crippen LogP contribution in [0.25, 0.3) is 0 Å². The van der Waals surface area contributed by atoms with Gasteiger partial charge in [0.1, 0.15) is 0 Å². The van der Waals surface area contributed by atoms with Crippen LogP contribution in [0.5, 0.6) is 0 Å². The Hall–Kier alpha value is -2.41. The first-order chi connectivity index (χ1) is 10.8. The second-order valence-corrected chi connectivity index (χ2v) is 6.11. The van der Waals surface area contributed by atoms with Crippen molar-refractivity contribution in [2.75, 3.05) is 27.3 Å². The smallest absolute Gasteiger partial charge is 0.338 e. The number of amides is 1. The highest BCUT2D eigenvalue weighted by Crippen LogP contribution is 2.15. The lowest BCUT2D eigenvalue weighted by Crippen LogP contribution is -2.29. The third-order valence-corrected chi connectivity index (χ3v) is 4.40. The van der Waals surface area contributed by atoms with E-state index in [2.05, 4.69) is 16.1 Å². The Balaban J connectivity index is 2.72. The largest absolute Gasteiger partial charge is 0.452 e. The molecular formula is C14H16N2O6S. The molecule has 8 nitrogen and oxygen atoms in total. The minimum Gasteiger partial charge on any atom is -0.452 e. The maximum atomic E-state index is 12.0. The van der Waals surface area contributed by atoms with Crippen LogP contribution >= 0.6 is 0 Å². The zero-order valence-electron chi connectivity index (χ0n) is 12.6. The summed E-state index contributed by atoms with van der Waals surface area (Å²) in [5, 5.41) is 2.34. The van der Waals surface area contributed by atoms with Gasteiger partial charge in [-0.2, -0.15) is 0 Å². The average Bonchev–Trinajstić information content (AvgIpc) is 2.56. The lowest BCUT2D eigenvalue weighted by atomic mass is 10.2. The standard InChI is InChI=1S/C14H16N2O6S/c1-4-9-15-13(17)10-22-14(18)11-5-7-12(8-6-11)23(19,20)16(2)21-3/h1,5-8H,9-10H2,2-3H3,(H,15,17). The molecule has 0 spiro atoms. The minimum absolute atomic E-state index is 0.0377. The topological polar surface area (TPSA) is 102 Å². The fraction of sp³-hybridized carbons (Fsp3) is 0.286. The van der Waals surface area contributed by atoms with Gasteiger partial charge in [0, 0.05) is 7.05 Å². The summed E-state index contributed by atoms with van der Waals surface area (Å²) < 4.78 is 29.4. The molecule has 0 aliphatic heterocycles. The van der Waals surface area contributed by atoms with E-state index in [4.69, 9.17) is 11.2 Å². The number of hydrogen-bond acceptors (Lipinski definition) is 6. The number of esters is 1. The van der Waals surface area contributed by atoms with Gasteiger partial charge in [0.05, 0.1) is 24.1 Å². The van der Waals surface area contributed by atoms with Gasteiger partial charge in [-0.25, -0.2) is 13.2 Å². The fourth-order valence-electron chi connectivity index (χ4n) is 1.42. The van der Waals surface area contributed by atoms with E-state index in [9.17, 15) is 18.0 Å². The van der Waals surface area contributed by atoms with Crippen molar-refractivity contribution in [3.63, 3.8) is 0 Å². The van der Waals surface area contributed by atoms with E-state index >= 15 is 0 Å². The van der Waals surface area contributed by atoms with Crippen molar-refractivity contribution in [3.05, 3.63) is 29.8 Å². The van der Waals surface area contributed by atoms with Crippen molar-refractivity contribution in [3.8, 4) is 12.3 Å². The molecule has 23 heavy (non-hydrogen) atoms. The van der Waals surface area contributed by atoms with Gasteiger partial charge in [0.15, 0.2) is 6.61 Å². The SMILES string of the molecule is C#CCNC(=O)COC(=O)c1ccc(S(=O)(=O)N(C)OC)cc1. The van der Waals surface area contributed by atoms with Gasteiger partial charge < -0.3 is 10.1 Å². The Morgan fingerprint density at radius 1 is 1.30 bits per heavy atom. The van der Waals surface area contributed by atoms with Gasteiger partial charge in [0.2, 0.25) is 0 Å². The van der Waals surface area contributed by atoms with E-state index in [1.165, 1.54) is 38.4 Å². The molecule has 1 rings (SSSR count). The van der Waals surface area contributed by atoms with Gasteiger partial charge in [0.25, 0.3) is 15.9 Å². The first-order valence-corrected chi connectivity index (χ1v) is 7.77. The van der Waals surface area contributed by atoms with E-state index in [1.807, 2.05) is 0 Å². The van der Waals surface area contributed by atoms with Crippen molar-refractivity contribution >= 4 is 21.9 Å². The van der Waals surface area contributed by atoms with Crippen LogP contribution in [-0.4, -0.2) is 52.1 Å². The number of sulfonamides is 1. The predicted molar refractivity (Wildman–Crippen MR) is 80.5 cm³/mol. The molecule has 1 amide bonds. The Morgan fingerprint density at radius 3 is 2.43 bits per heavy atom. The molecule has 1 aromatic rings. The number of rotatable bonds is 7. The van der Waals surface area contributed by atoms with Crippen LogP contribution in [0.15, 0.2) is 29.2 Å². The van der Waals surface area contributed by atoms with Crippen molar-refractivity contribution in [2.45, 2.75) is 4.90 Å². The molecule has 124 valence electrons. The number of nitrogens with one attached hydrogen (secondary N) is 1. The average molecular weight is 340 g/mol. The van der Waals surface area contributed by atoms with Gasteiger partial charge in [-0.05, 0) is 24.3 Å². The van der Waals surface area contributed by atoms with Crippen LogP contribution in [-0.2, 0) is 24.4 Å². The Kier molecular flexibility index (Phi) is 6.71. The third-order valence-electron chi connectivity index (χ3n) is 2.71. The lowest BCUT2D eigenvalue weighted by Gasteiger charge is -2.14. The highest BCUT2D eigenvalue weighted by atomic mass is 32.2. The molecule has 0 aliphatic rings. The minimum atomic E-state index is -3.79. The number of nitrogens with zero attached hydrogens (tertiary/aromatic N) is 1. The van der Waals surface area contributed by atoms with Gasteiger partial charge >= 0.3 is 5.97 Å². The summed E-state index contributed by atoms with van der Waals surface area (Å²) in [6.07, 6.45) is 4.97. The van der Waals surface area contributed by atoms with Crippen LogP contribution < -0.4 is 5.32 Å². The summed E-state index contributed by atoms with van der Waals surface area (Å²) in [5.74, 6) is 0.919. The normalized spacial score (nSPS) is 10.9. The van der Waals surface area contributed by atoms with E-state index < -0.39 is 28.5 Å². The summed E-state index contributed by atoms with van der Waals surface area (Å²) in [7, 11) is -1.33. The summed E-state index contributed by atoms with van der Waals surface area (Å²) in [4.78, 5) is 27.6. The Labute approximate surface area is 134 Å². The van der Waals surface area contributed by atoms with E-state index in [0.717, 1.165) is 0 Å². The monoisotopic (exact) mass is 340 g/mol. The van der Waals surface area contributed by atoms with E-state index in [0.29, 0.717) is 4.47 Å². The third kappa shape index (κ3) is 5.07. The molecule has 1 aromatic carbocycles. The highest BCUT2D eigenvalue weighted by Gasteiger charge is 2.21. The molecule has 0 aromatic heterocycles. The van der Waals surface area contributed by atoms with Gasteiger partial charge in [-0.15, -0.1) is 6.42 Å². The maximum Gasteiger partial charge on any atom is 0.338 e. The van der Waals surface area contributed by atoms with Crippen LogP contribution in [0.1, 0.15) is 10.4 Å². The Morgan fingerprint density at radius 2 is 1.91 bits per heavy atom. The number of carbonyl (C=O) groups excluding carboxylic acids is 2. The van der Waals surface area contributed by atoms with Crippen molar-refractivity contribution in [1.29, 1.82) is 0 Å². The number of hydroxylamine groups is 1. The number of terminal acetylenes is 1. The van der Waals surface area contributed by atoms with Crippen LogP contribution in [0.4, 0.5) is 0 Å². The van der Waals surface area contributed by atoms with E-state index in [1.54, 1.807) is 0 Å². The summed E-state index contributed by atoms with van der Waals surface area (Å²) in [6.45, 7) is -0.442. The quantitative estimate of drug-likeness (QED) is 0.418. The van der Waals surface area contributed by atoms with Crippen molar-refractivity contribution in [1.82, 2.24) is 9.79 Å². The molecule has 0 fully saturated rings. The molecule has 1 N–H and O–H groups in total. The summed E-state index contributed by atoms with van der Waals surface area (Å²) in [6, 6.07) is 5.02. The molecule has 0 saturated heterocycles. The van der Waals surface area contributed by atoms with Crippen molar-refractivity contribution in [2.24, 2.45) is 0 Å². The lowest BCUT2D eigenvalue weighted by molar-refractivity contribution is -0.123. The molecule has 0 saturated carbocycles. The second-order valence-electron chi connectivity index (χ2n) is 4.18. The first kappa shape index (κ1) is 18.6. The molecule has 0 heterocycles. The van der Waals surface area contributed by atoms with Gasteiger partial charge in [-0.1, -0.05) is 10.4 Å². The summed E-state index contributed by atoms with van der Waals surface area (Å²) >= 11 is 0.